The van der Waals surface area contributed by atoms with Gasteiger partial charge < -0.3 is 25.1 Å². The molecule has 4 aromatic carbocycles. The Kier molecular flexibility index (Phi) is 17.2. The van der Waals surface area contributed by atoms with Gasteiger partial charge in [-0.2, -0.15) is 5.90 Å². The molecule has 3 heterocycles. The molecule has 0 spiro atoms. The highest BCUT2D eigenvalue weighted by Gasteiger charge is 2.23. The first-order valence-electron chi connectivity index (χ1n) is 19.6. The van der Waals surface area contributed by atoms with Gasteiger partial charge in [-0.1, -0.05) is 106 Å². The Morgan fingerprint density at radius 1 is 0.591 bits per heavy atom. The molecule has 0 bridgehead atoms. The molecule has 0 aliphatic carbocycles. The van der Waals surface area contributed by atoms with Crippen molar-refractivity contribution in [2.75, 3.05) is 36.9 Å². The van der Waals surface area contributed by atoms with Crippen molar-refractivity contribution in [3.63, 3.8) is 0 Å². The third kappa shape index (κ3) is 13.1. The third-order valence-electron chi connectivity index (χ3n) is 9.82. The SMILES string of the molecule is N=C(ON)c1ccc(C(=O)Cc2c(Cl)cc(Cl)cc2C(=O)Nc2ccc(Cl)cn2)cc1.N=C(c1ccc(C(=O)Cc2c(Cl)cc(Cl)cc2C(=O)Nc2ccc(Cl)cn2)cc1)N1CCOCC1. The van der Waals surface area contributed by atoms with Crippen LogP contribution in [0.2, 0.25) is 30.1 Å². The molecular weight excluding hydrogens is 973 g/mol. The molecule has 1 aliphatic rings. The number of hydrogen-bond acceptors (Lipinski definition) is 11. The minimum absolute atomic E-state index is 0.104. The molecule has 1 fully saturated rings. The molecular formula is C46H36Cl6N8O6. The van der Waals surface area contributed by atoms with Gasteiger partial charge in [0.1, 0.15) is 17.5 Å². The monoisotopic (exact) mass is 1010 g/mol. The summed E-state index contributed by atoms with van der Waals surface area (Å²) in [6.07, 6.45) is 2.56. The summed E-state index contributed by atoms with van der Waals surface area (Å²) in [5.74, 6) is 4.19. The number of morpholine rings is 1. The molecule has 338 valence electrons. The van der Waals surface area contributed by atoms with Crippen molar-refractivity contribution in [3.8, 4) is 0 Å². The Morgan fingerprint density at radius 3 is 1.39 bits per heavy atom. The number of amides is 2. The number of Topliss-reactive ketones (excluding diaryl/α,β-unsaturated/α-hetero) is 2. The first-order valence-corrected chi connectivity index (χ1v) is 21.8. The summed E-state index contributed by atoms with van der Waals surface area (Å²) in [7, 11) is 0. The first-order chi connectivity index (χ1) is 31.6. The fourth-order valence-electron chi connectivity index (χ4n) is 6.42. The van der Waals surface area contributed by atoms with Crippen LogP contribution in [0.3, 0.4) is 0 Å². The Labute approximate surface area is 408 Å². The van der Waals surface area contributed by atoms with Crippen molar-refractivity contribution in [2.24, 2.45) is 5.90 Å². The number of halogens is 6. The maximum Gasteiger partial charge on any atom is 0.257 e. The van der Waals surface area contributed by atoms with Crippen LogP contribution in [0.4, 0.5) is 11.6 Å². The number of nitrogens with two attached hydrogens (primary N) is 1. The van der Waals surface area contributed by atoms with E-state index < -0.39 is 11.8 Å². The molecule has 0 saturated carbocycles. The Balaban J connectivity index is 0.000000220. The van der Waals surface area contributed by atoms with E-state index in [9.17, 15) is 19.2 Å². The van der Waals surface area contributed by atoms with E-state index in [0.29, 0.717) is 81.4 Å². The summed E-state index contributed by atoms with van der Waals surface area (Å²) in [5, 5.41) is 23.0. The number of nitrogens with one attached hydrogen (secondary N) is 4. The topological polar surface area (TPSA) is 214 Å². The summed E-state index contributed by atoms with van der Waals surface area (Å²) in [6, 6.07) is 25.1. The zero-order valence-electron chi connectivity index (χ0n) is 34.3. The highest BCUT2D eigenvalue weighted by Crippen LogP contribution is 2.30. The zero-order valence-corrected chi connectivity index (χ0v) is 38.8. The van der Waals surface area contributed by atoms with Gasteiger partial charge in [0.2, 0.25) is 5.90 Å². The van der Waals surface area contributed by atoms with Gasteiger partial charge in [0.25, 0.3) is 11.8 Å². The fourth-order valence-corrected chi connectivity index (χ4v) is 7.77. The second kappa shape index (κ2) is 23.0. The summed E-state index contributed by atoms with van der Waals surface area (Å²) >= 11 is 36.6. The number of benzene rings is 4. The lowest BCUT2D eigenvalue weighted by molar-refractivity contribution is 0.0680. The molecule has 14 nitrogen and oxygen atoms in total. The normalized spacial score (nSPS) is 12.0. The van der Waals surface area contributed by atoms with E-state index in [1.165, 1.54) is 60.9 Å². The van der Waals surface area contributed by atoms with E-state index in [-0.39, 0.29) is 67.3 Å². The predicted molar refractivity (Wildman–Crippen MR) is 258 cm³/mol. The smallest absolute Gasteiger partial charge is 0.257 e. The lowest BCUT2D eigenvalue weighted by atomic mass is 9.97. The molecule has 2 aromatic heterocycles. The van der Waals surface area contributed by atoms with E-state index in [1.54, 1.807) is 48.5 Å². The predicted octanol–water partition coefficient (Wildman–Crippen LogP) is 10.3. The van der Waals surface area contributed by atoms with Crippen molar-refractivity contribution in [3.05, 3.63) is 184 Å². The van der Waals surface area contributed by atoms with Crippen LogP contribution >= 0.6 is 69.6 Å². The van der Waals surface area contributed by atoms with E-state index >= 15 is 0 Å². The van der Waals surface area contributed by atoms with Crippen molar-refractivity contribution in [2.45, 2.75) is 12.8 Å². The summed E-state index contributed by atoms with van der Waals surface area (Å²) < 4.78 is 5.33. The van der Waals surface area contributed by atoms with Gasteiger partial charge in [-0.05, 0) is 71.8 Å². The number of carbonyl (C=O) groups excluding carboxylic acids is 4. The van der Waals surface area contributed by atoms with Gasteiger partial charge in [0.05, 0.1) is 23.3 Å². The number of amidine groups is 1. The lowest BCUT2D eigenvalue weighted by Gasteiger charge is -2.29. The van der Waals surface area contributed by atoms with Crippen LogP contribution < -0.4 is 16.5 Å². The van der Waals surface area contributed by atoms with Crippen LogP contribution in [0, 0.1) is 10.8 Å². The van der Waals surface area contributed by atoms with Crippen LogP contribution in [-0.2, 0) is 22.4 Å². The number of ether oxygens (including phenoxy) is 1. The maximum absolute atomic E-state index is 13.1. The number of carbonyl (C=O) groups is 4. The largest absolute Gasteiger partial charge is 0.391 e. The lowest BCUT2D eigenvalue weighted by Crippen LogP contribution is -2.40. The molecule has 6 N–H and O–H groups in total. The van der Waals surface area contributed by atoms with Gasteiger partial charge in [-0.15, -0.1) is 0 Å². The number of aromatic nitrogens is 2. The highest BCUT2D eigenvalue weighted by molar-refractivity contribution is 6.37. The zero-order chi connectivity index (χ0) is 47.5. The first kappa shape index (κ1) is 49.5. The second-order valence-corrected chi connectivity index (χ2v) is 16.8. The number of ketones is 2. The summed E-state index contributed by atoms with van der Waals surface area (Å²) in [4.78, 5) is 66.1. The van der Waals surface area contributed by atoms with Gasteiger partial charge in [0.15, 0.2) is 11.6 Å². The Hall–Kier alpha value is -5.94. The van der Waals surface area contributed by atoms with E-state index in [0.717, 1.165) is 0 Å². The third-order valence-corrected chi connectivity index (χ3v) is 11.4. The molecule has 20 heteroatoms. The van der Waals surface area contributed by atoms with Crippen molar-refractivity contribution in [1.82, 2.24) is 14.9 Å². The summed E-state index contributed by atoms with van der Waals surface area (Å²) in [6.45, 7) is 2.49. The average Bonchev–Trinajstić information content (AvgIpc) is 3.32. The highest BCUT2D eigenvalue weighted by atomic mass is 35.5. The van der Waals surface area contributed by atoms with Crippen LogP contribution in [0.1, 0.15) is 63.7 Å². The quantitative estimate of drug-likeness (QED) is 0.0339. The van der Waals surface area contributed by atoms with Crippen LogP contribution in [0.5, 0.6) is 0 Å². The minimum Gasteiger partial charge on any atom is -0.391 e. The van der Waals surface area contributed by atoms with Gasteiger partial charge >= 0.3 is 0 Å². The van der Waals surface area contributed by atoms with Gasteiger partial charge in [-0.3, -0.25) is 30.0 Å². The Bertz CT molecular complexity index is 2790. The number of hydrogen-bond donors (Lipinski definition) is 5. The van der Waals surface area contributed by atoms with Crippen molar-refractivity contribution < 1.29 is 28.8 Å². The van der Waals surface area contributed by atoms with Gasteiger partial charge in [-0.25, -0.2) is 9.97 Å². The molecule has 7 rings (SSSR count). The van der Waals surface area contributed by atoms with Gasteiger partial charge in [0, 0.05) is 91.8 Å². The summed E-state index contributed by atoms with van der Waals surface area (Å²) in [5.41, 5.74) is 2.95. The van der Waals surface area contributed by atoms with Crippen LogP contribution in [0.25, 0.3) is 0 Å². The standard InChI is InChI=1S/C25H21Cl3N4O3.C21H15Cl3N4O3/c26-17-5-6-23(30-14-17)31-25(34)20-11-18(27)12-21(28)19(20)13-22(33)15-1-3-16(4-2-15)24(29)32-7-9-35-10-8-32;22-13-5-6-19(27-10-13)28-21(30)16-7-14(23)8-17(24)15(16)9-18(29)11-1-3-12(4-2-11)20(25)31-26/h1-6,11-12,14,29H,7-10,13H2,(H,30,31,34);1-8,10,25H,9,26H2,(H,27,28,30). The van der Waals surface area contributed by atoms with Crippen LogP contribution in [-0.4, -0.2) is 76.3 Å². The maximum atomic E-state index is 13.1. The molecule has 0 unspecified atom stereocenters. The number of pyridine rings is 2. The molecule has 0 atom stereocenters. The van der Waals surface area contributed by atoms with E-state index in [2.05, 4.69) is 25.4 Å². The molecule has 66 heavy (non-hydrogen) atoms. The molecule has 0 radical (unpaired) electrons. The molecule has 1 aliphatic heterocycles. The fraction of sp³-hybridized carbons (Fsp3) is 0.130. The van der Waals surface area contributed by atoms with E-state index in [1.807, 2.05) is 4.90 Å². The van der Waals surface area contributed by atoms with Crippen molar-refractivity contribution in [1.29, 1.82) is 10.8 Å². The molecule has 2 amide bonds. The van der Waals surface area contributed by atoms with E-state index in [4.69, 9.17) is 91.1 Å². The number of anilines is 2. The van der Waals surface area contributed by atoms with Crippen LogP contribution in [0.15, 0.2) is 109 Å². The number of rotatable bonds is 12. The Morgan fingerprint density at radius 2 is 1.00 bits per heavy atom. The number of nitrogens with zero attached hydrogens (tertiary/aromatic N) is 3. The second-order valence-electron chi connectivity index (χ2n) is 14.2. The molecule has 1 saturated heterocycles. The average molecular weight is 1010 g/mol. The molecule has 6 aromatic rings. The van der Waals surface area contributed by atoms with Crippen molar-refractivity contribution >= 4 is 116 Å². The minimum atomic E-state index is -0.522.